The zero-order chi connectivity index (χ0) is 27.6. The Morgan fingerprint density at radius 2 is 0.846 bits per heavy atom. The van der Waals surface area contributed by atoms with Gasteiger partial charge in [-0.1, -0.05) is 0 Å². The Balaban J connectivity index is 2.04. The molecule has 0 saturated heterocycles. The average Bonchev–Trinajstić information content (AvgIpc) is 2.86. The van der Waals surface area contributed by atoms with Gasteiger partial charge in [-0.2, -0.15) is 0 Å². The van der Waals surface area contributed by atoms with Crippen molar-refractivity contribution in [2.75, 3.05) is 0 Å². The van der Waals surface area contributed by atoms with Crippen LogP contribution < -0.4 is 10.9 Å². The van der Waals surface area contributed by atoms with E-state index in [2.05, 4.69) is 15.9 Å². The van der Waals surface area contributed by atoms with Gasteiger partial charge >= 0.3 is 0 Å². The molecule has 190 valence electrons. The SMILES string of the molecule is Cc1cc(O)c2c(O)c3c(O)cc(=O)c4c5c(O)c(Br)c(O)c6c(O)c7c(=O)cc(C)c8c1c2c(c34)c(c65)c78. The van der Waals surface area contributed by atoms with Crippen LogP contribution in [0.25, 0.3) is 75.4 Å². The third-order valence-corrected chi connectivity index (χ3v) is 9.10. The molecule has 0 aliphatic carbocycles. The Kier molecular flexibility index (Phi) is 3.67. The molecule has 0 heterocycles. The van der Waals surface area contributed by atoms with E-state index in [0.29, 0.717) is 43.4 Å². The largest absolute Gasteiger partial charge is 0.507 e. The normalized spacial score (nSPS) is 12.8. The number of aryl methyl sites for hydroxylation is 2. The zero-order valence-corrected chi connectivity index (χ0v) is 21.7. The third-order valence-electron chi connectivity index (χ3n) is 8.35. The van der Waals surface area contributed by atoms with Crippen LogP contribution in [0.4, 0.5) is 0 Å². The standard InChI is InChI=1S/C30H15BrO8/c1-6-3-8(32)15-18-12(6)13-7(2)4-9(33)16-19(13)22-21(18)20-14(10(34)5-11(35)17(20)27(15)36)24-23(22)25(28(16)37)30(39)26(31)29(24)38/h3-5,32,35-39H,1-2H3. The van der Waals surface area contributed by atoms with Gasteiger partial charge in [0.2, 0.25) is 0 Å². The fourth-order valence-corrected chi connectivity index (χ4v) is 7.40. The molecule has 0 saturated carbocycles. The highest BCUT2D eigenvalue weighted by Crippen LogP contribution is 2.60. The molecule has 9 heteroatoms. The summed E-state index contributed by atoms with van der Waals surface area (Å²) >= 11 is 3.16. The monoisotopic (exact) mass is 582 g/mol. The molecule has 0 aromatic heterocycles. The Morgan fingerprint density at radius 3 is 1.49 bits per heavy atom. The molecule has 0 aliphatic heterocycles. The molecule has 0 aliphatic rings. The fraction of sp³-hybridized carbons (Fsp3) is 0.0667. The first kappa shape index (κ1) is 22.2. The van der Waals surface area contributed by atoms with Gasteiger partial charge in [0.15, 0.2) is 10.9 Å². The minimum Gasteiger partial charge on any atom is -0.507 e. The molecule has 0 spiro atoms. The lowest BCUT2D eigenvalue weighted by Gasteiger charge is -2.26. The van der Waals surface area contributed by atoms with Crippen molar-refractivity contribution in [3.63, 3.8) is 0 Å². The van der Waals surface area contributed by atoms with Crippen LogP contribution in [0, 0.1) is 13.8 Å². The van der Waals surface area contributed by atoms with Gasteiger partial charge in [0.1, 0.15) is 39.0 Å². The third kappa shape index (κ3) is 2.14. The molecular formula is C30H15BrO8. The smallest absolute Gasteiger partial charge is 0.190 e. The lowest BCUT2D eigenvalue weighted by atomic mass is 9.78. The number of phenols is 6. The van der Waals surface area contributed by atoms with E-state index in [4.69, 9.17) is 0 Å². The number of phenolic OH excluding ortho intramolecular Hbond substituents is 6. The quantitative estimate of drug-likeness (QED) is 0.0961. The van der Waals surface area contributed by atoms with Crippen molar-refractivity contribution in [2.24, 2.45) is 0 Å². The Bertz CT molecular complexity index is 2570. The number of halogens is 1. The molecule has 0 atom stereocenters. The molecule has 0 unspecified atom stereocenters. The maximum Gasteiger partial charge on any atom is 0.190 e. The summed E-state index contributed by atoms with van der Waals surface area (Å²) in [5.74, 6) is -2.75. The summed E-state index contributed by atoms with van der Waals surface area (Å²) in [5, 5.41) is 70.0. The molecular weight excluding hydrogens is 568 g/mol. The van der Waals surface area contributed by atoms with Crippen LogP contribution in [0.1, 0.15) is 11.1 Å². The molecule has 0 radical (unpaired) electrons. The van der Waals surface area contributed by atoms with Crippen LogP contribution in [0.15, 0.2) is 32.3 Å². The molecule has 0 fully saturated rings. The van der Waals surface area contributed by atoms with E-state index >= 15 is 0 Å². The molecule has 8 nitrogen and oxygen atoms in total. The molecule has 6 N–H and O–H groups in total. The number of hydrogen-bond acceptors (Lipinski definition) is 8. The average molecular weight is 583 g/mol. The maximum absolute atomic E-state index is 13.5. The van der Waals surface area contributed by atoms with E-state index < -0.39 is 39.6 Å². The van der Waals surface area contributed by atoms with Crippen LogP contribution in [0.5, 0.6) is 34.5 Å². The van der Waals surface area contributed by atoms with E-state index in [1.54, 1.807) is 13.8 Å². The summed E-state index contributed by atoms with van der Waals surface area (Å²) in [6.45, 7) is 3.50. The summed E-state index contributed by atoms with van der Waals surface area (Å²) in [4.78, 5) is 27.0. The van der Waals surface area contributed by atoms with Gasteiger partial charge in [-0.25, -0.2) is 0 Å². The number of hydrogen-bond donors (Lipinski definition) is 6. The Morgan fingerprint density at radius 1 is 0.436 bits per heavy atom. The molecule has 0 bridgehead atoms. The van der Waals surface area contributed by atoms with Gasteiger partial charge in [-0.3, -0.25) is 9.59 Å². The fourth-order valence-electron chi connectivity index (χ4n) is 7.01. The highest BCUT2D eigenvalue weighted by molar-refractivity contribution is 9.10. The number of fused-ring (bicyclic) bond motifs is 2. The highest BCUT2D eigenvalue weighted by atomic mass is 79.9. The molecule has 8 aromatic carbocycles. The van der Waals surface area contributed by atoms with Crippen LogP contribution in [-0.2, 0) is 0 Å². The Hall–Kier alpha value is -4.76. The van der Waals surface area contributed by atoms with E-state index in [9.17, 15) is 40.2 Å². The van der Waals surface area contributed by atoms with Gasteiger partial charge in [0.05, 0.1) is 21.5 Å². The summed E-state index contributed by atoms with van der Waals surface area (Å²) in [7, 11) is 0. The van der Waals surface area contributed by atoms with Gasteiger partial charge < -0.3 is 30.6 Å². The lowest BCUT2D eigenvalue weighted by Crippen LogP contribution is -2.08. The van der Waals surface area contributed by atoms with Crippen LogP contribution in [0.3, 0.4) is 0 Å². The van der Waals surface area contributed by atoms with Crippen LogP contribution >= 0.6 is 15.9 Å². The van der Waals surface area contributed by atoms with Crippen molar-refractivity contribution in [3.8, 4) is 34.5 Å². The number of benzene rings is 8. The minimum absolute atomic E-state index is 0.0247. The zero-order valence-electron chi connectivity index (χ0n) is 20.1. The van der Waals surface area contributed by atoms with E-state index in [1.807, 2.05) is 0 Å². The van der Waals surface area contributed by atoms with Gasteiger partial charge in [0, 0.05) is 49.2 Å². The highest BCUT2D eigenvalue weighted by Gasteiger charge is 2.34. The van der Waals surface area contributed by atoms with Gasteiger partial charge in [-0.05, 0) is 63.8 Å². The van der Waals surface area contributed by atoms with Crippen molar-refractivity contribution < 1.29 is 30.6 Å². The van der Waals surface area contributed by atoms with Gasteiger partial charge in [0.25, 0.3) is 0 Å². The van der Waals surface area contributed by atoms with E-state index in [1.165, 1.54) is 12.1 Å². The first-order valence-electron chi connectivity index (χ1n) is 11.9. The lowest BCUT2D eigenvalue weighted by molar-refractivity contribution is 0.448. The van der Waals surface area contributed by atoms with E-state index in [0.717, 1.165) is 6.07 Å². The summed E-state index contributed by atoms with van der Waals surface area (Å²) in [5.41, 5.74) is 0.0117. The number of rotatable bonds is 0. The number of aromatic hydroxyl groups is 6. The Labute approximate surface area is 224 Å². The van der Waals surface area contributed by atoms with Crippen molar-refractivity contribution in [1.29, 1.82) is 0 Å². The summed E-state index contributed by atoms with van der Waals surface area (Å²) < 4.78 is -0.203. The van der Waals surface area contributed by atoms with Crippen molar-refractivity contribution in [3.05, 3.63) is 54.2 Å². The second kappa shape index (κ2) is 6.44. The van der Waals surface area contributed by atoms with Crippen LogP contribution in [0.2, 0.25) is 0 Å². The second-order valence-electron chi connectivity index (χ2n) is 10.3. The summed E-state index contributed by atoms with van der Waals surface area (Å²) in [6.07, 6.45) is 0. The van der Waals surface area contributed by atoms with Crippen molar-refractivity contribution >= 4 is 91.3 Å². The predicted octanol–water partition coefficient (Wildman–Crippen LogP) is 5.84. The van der Waals surface area contributed by atoms with Gasteiger partial charge in [-0.15, -0.1) is 0 Å². The molecule has 8 rings (SSSR count). The predicted molar refractivity (Wildman–Crippen MR) is 153 cm³/mol. The molecule has 39 heavy (non-hydrogen) atoms. The van der Waals surface area contributed by atoms with Crippen molar-refractivity contribution in [2.45, 2.75) is 13.8 Å². The second-order valence-corrected chi connectivity index (χ2v) is 11.0. The van der Waals surface area contributed by atoms with Crippen LogP contribution in [-0.4, -0.2) is 30.6 Å². The van der Waals surface area contributed by atoms with Crippen molar-refractivity contribution in [1.82, 2.24) is 0 Å². The topological polar surface area (TPSA) is 156 Å². The minimum atomic E-state index is -0.674. The first-order chi connectivity index (χ1) is 18.5. The maximum atomic E-state index is 13.5. The van der Waals surface area contributed by atoms with E-state index in [-0.39, 0.29) is 53.3 Å². The molecule has 8 aromatic rings. The first-order valence-corrected chi connectivity index (χ1v) is 12.7. The molecule has 0 amide bonds. The summed E-state index contributed by atoms with van der Waals surface area (Å²) in [6, 6.07) is 3.76.